The van der Waals surface area contributed by atoms with E-state index in [-0.39, 0.29) is 6.61 Å². The van der Waals surface area contributed by atoms with Gasteiger partial charge in [0.25, 0.3) is 5.97 Å². The highest BCUT2D eigenvalue weighted by molar-refractivity contribution is 6.26. The van der Waals surface area contributed by atoms with Crippen molar-refractivity contribution >= 4 is 23.5 Å². The number of benzene rings is 1. The summed E-state index contributed by atoms with van der Waals surface area (Å²) < 4.78 is 40.1. The Bertz CT molecular complexity index is 796. The van der Waals surface area contributed by atoms with Gasteiger partial charge in [0, 0.05) is 6.92 Å². The van der Waals surface area contributed by atoms with Crippen LogP contribution in [0.25, 0.3) is 0 Å². The van der Waals surface area contributed by atoms with Gasteiger partial charge in [-0.2, -0.15) is 0 Å². The van der Waals surface area contributed by atoms with E-state index < -0.39 is 60.1 Å². The second kappa shape index (κ2) is 10.0. The van der Waals surface area contributed by atoms with Crippen LogP contribution in [-0.4, -0.2) is 67.2 Å². The molecule has 2 heterocycles. The van der Waals surface area contributed by atoms with Crippen molar-refractivity contribution in [2.24, 2.45) is 0 Å². The normalized spacial score (nSPS) is 32.2. The third-order valence-corrected chi connectivity index (χ3v) is 4.98. The van der Waals surface area contributed by atoms with Gasteiger partial charge in [-0.15, -0.1) is 11.6 Å². The first-order chi connectivity index (χ1) is 15.0. The monoisotopic (exact) mass is 472 g/mol. The minimum absolute atomic E-state index is 0.164. The van der Waals surface area contributed by atoms with E-state index in [1.165, 1.54) is 7.11 Å². The van der Waals surface area contributed by atoms with Gasteiger partial charge < -0.3 is 28.4 Å². The standard InChI is InChI=1S/C22H29ClO9/c1-21(2,3)32-22(4)30-18-15(27-12-13-9-7-6-8-10-13)16(28-14(24)11-23)17(19(25)26-5)29-20(18)31-22/h6-10,15-18,20H,11-12H2,1-5H3. The van der Waals surface area contributed by atoms with Crippen molar-refractivity contribution in [3.05, 3.63) is 35.9 Å². The number of ether oxygens (including phenoxy) is 7. The molecule has 0 N–H and O–H groups in total. The number of esters is 2. The molecule has 0 saturated carbocycles. The third-order valence-electron chi connectivity index (χ3n) is 4.76. The van der Waals surface area contributed by atoms with Gasteiger partial charge >= 0.3 is 11.9 Å². The number of fused-ring (bicyclic) bond motifs is 1. The van der Waals surface area contributed by atoms with Crippen LogP contribution >= 0.6 is 11.6 Å². The summed E-state index contributed by atoms with van der Waals surface area (Å²) in [4.78, 5) is 24.5. The fourth-order valence-corrected chi connectivity index (χ4v) is 3.76. The van der Waals surface area contributed by atoms with E-state index in [1.807, 2.05) is 51.1 Å². The molecule has 2 saturated heterocycles. The number of methoxy groups -OCH3 is 1. The number of carbonyl (C=O) groups excluding carboxylic acids is 2. The van der Waals surface area contributed by atoms with Crippen LogP contribution in [0.4, 0.5) is 0 Å². The zero-order valence-corrected chi connectivity index (χ0v) is 19.5. The van der Waals surface area contributed by atoms with Crippen molar-refractivity contribution in [2.75, 3.05) is 13.0 Å². The maximum absolute atomic E-state index is 12.5. The van der Waals surface area contributed by atoms with E-state index in [0.717, 1.165) is 5.56 Å². The molecule has 6 unspecified atom stereocenters. The van der Waals surface area contributed by atoms with Crippen LogP contribution in [0.15, 0.2) is 30.3 Å². The average molecular weight is 473 g/mol. The highest BCUT2D eigenvalue weighted by atomic mass is 35.5. The molecular formula is C22H29ClO9. The molecule has 0 bridgehead atoms. The van der Waals surface area contributed by atoms with E-state index in [1.54, 1.807) is 6.92 Å². The number of rotatable bonds is 7. The fraction of sp³-hybridized carbons (Fsp3) is 0.636. The van der Waals surface area contributed by atoms with Crippen LogP contribution in [0.2, 0.25) is 0 Å². The Morgan fingerprint density at radius 2 is 1.81 bits per heavy atom. The lowest BCUT2D eigenvalue weighted by Gasteiger charge is -2.40. The fourth-order valence-electron chi connectivity index (χ4n) is 3.70. The summed E-state index contributed by atoms with van der Waals surface area (Å²) in [7, 11) is 1.21. The maximum Gasteiger partial charge on any atom is 0.339 e. The Hall–Kier alpha value is -1.75. The molecule has 0 amide bonds. The predicted molar refractivity (Wildman–Crippen MR) is 111 cm³/mol. The van der Waals surface area contributed by atoms with E-state index in [9.17, 15) is 9.59 Å². The molecule has 32 heavy (non-hydrogen) atoms. The molecule has 2 aliphatic heterocycles. The molecule has 1 aromatic rings. The highest BCUT2D eigenvalue weighted by Crippen LogP contribution is 2.41. The third kappa shape index (κ3) is 5.98. The Kier molecular flexibility index (Phi) is 7.80. The van der Waals surface area contributed by atoms with Crippen LogP contribution in [0.5, 0.6) is 0 Å². The molecule has 0 spiro atoms. The van der Waals surface area contributed by atoms with Gasteiger partial charge in [0.1, 0.15) is 18.1 Å². The van der Waals surface area contributed by atoms with E-state index in [4.69, 9.17) is 44.8 Å². The molecular weight excluding hydrogens is 444 g/mol. The summed E-state index contributed by atoms with van der Waals surface area (Å²) >= 11 is 5.63. The van der Waals surface area contributed by atoms with Crippen LogP contribution < -0.4 is 0 Å². The highest BCUT2D eigenvalue weighted by Gasteiger charge is 2.60. The van der Waals surface area contributed by atoms with Gasteiger partial charge in [-0.25, -0.2) is 4.79 Å². The molecule has 0 aromatic heterocycles. The molecule has 2 aliphatic rings. The number of hydrogen-bond donors (Lipinski definition) is 0. The number of alkyl halides is 1. The number of hydrogen-bond acceptors (Lipinski definition) is 9. The van der Waals surface area contributed by atoms with Crippen molar-refractivity contribution in [1.82, 2.24) is 0 Å². The van der Waals surface area contributed by atoms with Gasteiger partial charge in [-0.1, -0.05) is 30.3 Å². The minimum atomic E-state index is -1.48. The molecule has 178 valence electrons. The topological polar surface area (TPSA) is 98.8 Å². The molecule has 2 fully saturated rings. The number of halogens is 1. The molecule has 9 nitrogen and oxygen atoms in total. The Morgan fingerprint density at radius 3 is 2.41 bits per heavy atom. The van der Waals surface area contributed by atoms with Gasteiger partial charge in [0.15, 0.2) is 18.5 Å². The lowest BCUT2D eigenvalue weighted by atomic mass is 9.98. The van der Waals surface area contributed by atoms with Gasteiger partial charge in [-0.3, -0.25) is 9.53 Å². The summed E-state index contributed by atoms with van der Waals surface area (Å²) in [5, 5.41) is 0. The second-order valence-electron chi connectivity index (χ2n) is 8.57. The largest absolute Gasteiger partial charge is 0.467 e. The Morgan fingerprint density at radius 1 is 1.12 bits per heavy atom. The van der Waals surface area contributed by atoms with E-state index >= 15 is 0 Å². The van der Waals surface area contributed by atoms with Gasteiger partial charge in [0.2, 0.25) is 0 Å². The zero-order valence-electron chi connectivity index (χ0n) is 18.7. The average Bonchev–Trinajstić information content (AvgIpc) is 3.06. The molecule has 1 aromatic carbocycles. The van der Waals surface area contributed by atoms with Crippen molar-refractivity contribution < 1.29 is 42.7 Å². The van der Waals surface area contributed by atoms with Crippen LogP contribution in [-0.2, 0) is 49.4 Å². The van der Waals surface area contributed by atoms with Gasteiger partial charge in [-0.05, 0) is 26.3 Å². The zero-order chi connectivity index (χ0) is 23.5. The molecule has 3 rings (SSSR count). The molecule has 0 radical (unpaired) electrons. The van der Waals surface area contributed by atoms with E-state index in [2.05, 4.69) is 0 Å². The van der Waals surface area contributed by atoms with Gasteiger partial charge in [0.05, 0.1) is 19.3 Å². The smallest absolute Gasteiger partial charge is 0.339 e. The Labute approximate surface area is 192 Å². The quantitative estimate of drug-likeness (QED) is 0.437. The minimum Gasteiger partial charge on any atom is -0.467 e. The lowest BCUT2D eigenvalue weighted by Crippen LogP contribution is -2.61. The summed E-state index contributed by atoms with van der Waals surface area (Å²) in [5.41, 5.74) is 0.273. The predicted octanol–water partition coefficient (Wildman–Crippen LogP) is 2.52. The van der Waals surface area contributed by atoms with Crippen molar-refractivity contribution in [2.45, 2.75) is 76.6 Å². The van der Waals surface area contributed by atoms with Crippen molar-refractivity contribution in [3.63, 3.8) is 0 Å². The lowest BCUT2D eigenvalue weighted by molar-refractivity contribution is -0.371. The summed E-state index contributed by atoms with van der Waals surface area (Å²) in [6.45, 7) is 7.30. The second-order valence-corrected chi connectivity index (χ2v) is 8.84. The number of carbonyl (C=O) groups is 2. The van der Waals surface area contributed by atoms with Crippen molar-refractivity contribution in [3.8, 4) is 0 Å². The van der Waals surface area contributed by atoms with Crippen LogP contribution in [0, 0.1) is 0 Å². The van der Waals surface area contributed by atoms with Crippen LogP contribution in [0.1, 0.15) is 33.3 Å². The van der Waals surface area contributed by atoms with E-state index in [0.29, 0.717) is 0 Å². The SMILES string of the molecule is COC(=O)C1OC2OC(C)(OC(C)(C)C)OC2C(OCc2ccccc2)C1OC(=O)CCl. The van der Waals surface area contributed by atoms with Crippen LogP contribution in [0.3, 0.4) is 0 Å². The molecule has 10 heteroatoms. The Balaban J connectivity index is 1.91. The maximum atomic E-state index is 12.5. The first kappa shape index (κ1) is 24.9. The van der Waals surface area contributed by atoms with Crippen molar-refractivity contribution in [1.29, 1.82) is 0 Å². The molecule has 6 atom stereocenters. The summed E-state index contributed by atoms with van der Waals surface area (Å²) in [6.07, 6.45) is -5.32. The summed E-state index contributed by atoms with van der Waals surface area (Å²) in [6, 6.07) is 9.39. The first-order valence-electron chi connectivity index (χ1n) is 10.3. The molecule has 0 aliphatic carbocycles. The first-order valence-corrected chi connectivity index (χ1v) is 10.8. The summed E-state index contributed by atoms with van der Waals surface area (Å²) in [5.74, 6) is -3.38.